The molecule has 182 valence electrons. The number of halogens is 1. The van der Waals surface area contributed by atoms with Crippen molar-refractivity contribution in [2.24, 2.45) is 5.92 Å². The maximum atomic E-state index is 13.5. The average Bonchev–Trinajstić information content (AvgIpc) is 3.05. The van der Waals surface area contributed by atoms with Crippen molar-refractivity contribution in [1.29, 1.82) is 0 Å². The molecule has 0 radical (unpaired) electrons. The van der Waals surface area contributed by atoms with E-state index in [1.807, 2.05) is 19.1 Å². The maximum absolute atomic E-state index is 13.5. The van der Waals surface area contributed by atoms with E-state index in [2.05, 4.69) is 10.2 Å². The number of phenolic OH excluding ortho intramolecular Hbond substituents is 1. The van der Waals surface area contributed by atoms with Gasteiger partial charge >= 0.3 is 6.03 Å². The van der Waals surface area contributed by atoms with Crippen molar-refractivity contribution in [2.45, 2.75) is 38.4 Å². The highest BCUT2D eigenvalue weighted by atomic mass is 35.5. The van der Waals surface area contributed by atoms with Gasteiger partial charge in [-0.15, -0.1) is 0 Å². The first-order valence-corrected chi connectivity index (χ1v) is 11.7. The number of likely N-dealkylation sites (tertiary alicyclic amines) is 1. The highest BCUT2D eigenvalue weighted by Crippen LogP contribution is 2.37. The number of nitrogens with zero attached hydrogens (tertiary/aromatic N) is 2. The van der Waals surface area contributed by atoms with Crippen molar-refractivity contribution in [3.63, 3.8) is 0 Å². The Labute approximate surface area is 204 Å². The molecule has 0 bridgehead atoms. The van der Waals surface area contributed by atoms with E-state index in [1.54, 1.807) is 31.4 Å². The number of benzene rings is 2. The fourth-order valence-electron chi connectivity index (χ4n) is 4.97. The first kappa shape index (κ1) is 24.2. The van der Waals surface area contributed by atoms with Gasteiger partial charge in [0.1, 0.15) is 11.3 Å². The number of carbonyl (C=O) groups excluding carboxylic acids is 2. The number of aromatic hydroxyl groups is 1. The molecule has 8 nitrogen and oxygen atoms in total. The molecule has 2 fully saturated rings. The Morgan fingerprint density at radius 2 is 1.82 bits per heavy atom. The molecule has 9 heteroatoms. The number of methoxy groups -OCH3 is 2. The van der Waals surface area contributed by atoms with E-state index in [0.717, 1.165) is 31.5 Å². The zero-order chi connectivity index (χ0) is 24.5. The Balaban J connectivity index is 1.43. The second kappa shape index (κ2) is 9.72. The highest BCUT2D eigenvalue weighted by Gasteiger charge is 2.52. The average molecular weight is 488 g/mol. The van der Waals surface area contributed by atoms with Crippen LogP contribution in [0.15, 0.2) is 36.4 Å². The van der Waals surface area contributed by atoms with E-state index in [-0.39, 0.29) is 24.1 Å². The van der Waals surface area contributed by atoms with Crippen LogP contribution in [-0.2, 0) is 17.9 Å². The smallest absolute Gasteiger partial charge is 0.325 e. The summed E-state index contributed by atoms with van der Waals surface area (Å²) in [6.45, 7) is 4.00. The number of ether oxygens (including phenoxy) is 2. The van der Waals surface area contributed by atoms with Crippen LogP contribution >= 0.6 is 11.6 Å². The Hall–Kier alpha value is -2.97. The lowest BCUT2D eigenvalue weighted by Gasteiger charge is -2.39. The van der Waals surface area contributed by atoms with Crippen molar-refractivity contribution in [2.75, 3.05) is 27.3 Å². The second-order valence-corrected chi connectivity index (χ2v) is 9.44. The van der Waals surface area contributed by atoms with Crippen LogP contribution in [0, 0.1) is 5.92 Å². The highest BCUT2D eigenvalue weighted by molar-refractivity contribution is 6.30. The summed E-state index contributed by atoms with van der Waals surface area (Å²) in [4.78, 5) is 29.8. The molecule has 34 heavy (non-hydrogen) atoms. The van der Waals surface area contributed by atoms with Gasteiger partial charge in [0.05, 0.1) is 20.8 Å². The number of piperidine rings is 1. The SMILES string of the molecule is COc1cccc(CN2C(=O)N[C@](C)(C3CCN(Cc4cc(Cl)ccc4O)CC3)C2=O)c1OC. The summed E-state index contributed by atoms with van der Waals surface area (Å²) in [5.74, 6) is 1.06. The lowest BCUT2D eigenvalue weighted by molar-refractivity contribution is -0.133. The summed E-state index contributed by atoms with van der Waals surface area (Å²) in [6.07, 6.45) is 1.50. The van der Waals surface area contributed by atoms with Crippen molar-refractivity contribution < 1.29 is 24.2 Å². The molecule has 0 unspecified atom stereocenters. The van der Waals surface area contributed by atoms with E-state index >= 15 is 0 Å². The van der Waals surface area contributed by atoms with Gasteiger partial charge in [-0.3, -0.25) is 14.6 Å². The lowest BCUT2D eigenvalue weighted by atomic mass is 9.78. The second-order valence-electron chi connectivity index (χ2n) is 9.00. The van der Waals surface area contributed by atoms with E-state index in [0.29, 0.717) is 28.6 Å². The van der Waals surface area contributed by atoms with Crippen LogP contribution in [0.2, 0.25) is 5.02 Å². The molecule has 2 heterocycles. The molecule has 2 saturated heterocycles. The van der Waals surface area contributed by atoms with Gasteiger partial charge in [0.25, 0.3) is 5.91 Å². The van der Waals surface area contributed by atoms with Gasteiger partial charge in [0.2, 0.25) is 0 Å². The van der Waals surface area contributed by atoms with Gasteiger partial charge in [-0.25, -0.2) is 4.79 Å². The van der Waals surface area contributed by atoms with Gasteiger partial charge < -0.3 is 19.9 Å². The molecule has 0 saturated carbocycles. The minimum absolute atomic E-state index is 0.00497. The van der Waals surface area contributed by atoms with Gasteiger partial charge in [0, 0.05) is 22.7 Å². The zero-order valence-corrected chi connectivity index (χ0v) is 20.4. The molecular formula is C25H30ClN3O5. The summed E-state index contributed by atoms with van der Waals surface area (Å²) in [5, 5.41) is 13.7. The van der Waals surface area contributed by atoms with Crippen LogP contribution < -0.4 is 14.8 Å². The van der Waals surface area contributed by atoms with E-state index < -0.39 is 11.6 Å². The Morgan fingerprint density at radius 3 is 2.50 bits per heavy atom. The molecule has 0 aliphatic carbocycles. The molecule has 1 atom stereocenters. The topological polar surface area (TPSA) is 91.3 Å². The van der Waals surface area contributed by atoms with Crippen LogP contribution in [0.4, 0.5) is 4.79 Å². The third kappa shape index (κ3) is 4.52. The summed E-state index contributed by atoms with van der Waals surface area (Å²) in [5.41, 5.74) is 0.513. The minimum atomic E-state index is -0.965. The number of phenols is 1. The van der Waals surface area contributed by atoms with Crippen molar-refractivity contribution in [3.8, 4) is 17.2 Å². The predicted molar refractivity (Wildman–Crippen MR) is 128 cm³/mol. The quantitative estimate of drug-likeness (QED) is 0.577. The van der Waals surface area contributed by atoms with Crippen LogP contribution in [0.1, 0.15) is 30.9 Å². The Bertz CT molecular complexity index is 1090. The van der Waals surface area contributed by atoms with Gasteiger partial charge in [-0.2, -0.15) is 0 Å². The Kier molecular flexibility index (Phi) is 6.91. The van der Waals surface area contributed by atoms with Crippen molar-refractivity contribution in [1.82, 2.24) is 15.1 Å². The van der Waals surface area contributed by atoms with Crippen LogP contribution in [0.5, 0.6) is 17.2 Å². The third-order valence-corrected chi connectivity index (χ3v) is 7.19. The van der Waals surface area contributed by atoms with Gasteiger partial charge in [0.15, 0.2) is 11.5 Å². The number of amides is 3. The molecule has 0 spiro atoms. The number of hydrogen-bond acceptors (Lipinski definition) is 6. The minimum Gasteiger partial charge on any atom is -0.508 e. The van der Waals surface area contributed by atoms with Gasteiger partial charge in [-0.1, -0.05) is 23.7 Å². The molecule has 0 aromatic heterocycles. The number of hydrogen-bond donors (Lipinski definition) is 2. The first-order chi connectivity index (χ1) is 16.3. The predicted octanol–water partition coefficient (Wildman–Crippen LogP) is 3.79. The van der Waals surface area contributed by atoms with Gasteiger partial charge in [-0.05, 0) is 63.0 Å². The summed E-state index contributed by atoms with van der Waals surface area (Å²) < 4.78 is 10.8. The molecule has 2 aliphatic heterocycles. The summed E-state index contributed by atoms with van der Waals surface area (Å²) >= 11 is 6.07. The molecule has 2 N–H and O–H groups in total. The van der Waals surface area contributed by atoms with E-state index in [9.17, 15) is 14.7 Å². The molecule has 2 aromatic rings. The molecule has 2 aromatic carbocycles. The summed E-state index contributed by atoms with van der Waals surface area (Å²) in [6, 6.07) is 10.0. The van der Waals surface area contributed by atoms with Crippen molar-refractivity contribution >= 4 is 23.5 Å². The number of imide groups is 1. The molecular weight excluding hydrogens is 458 g/mol. The molecule has 2 aliphatic rings. The van der Waals surface area contributed by atoms with Crippen LogP contribution in [0.25, 0.3) is 0 Å². The first-order valence-electron chi connectivity index (χ1n) is 11.3. The normalized spacial score (nSPS) is 21.6. The third-order valence-electron chi connectivity index (χ3n) is 6.95. The number of rotatable bonds is 7. The number of para-hydroxylation sites is 1. The van der Waals surface area contributed by atoms with Crippen molar-refractivity contribution in [3.05, 3.63) is 52.5 Å². The van der Waals surface area contributed by atoms with E-state index in [1.165, 1.54) is 12.0 Å². The number of urea groups is 1. The monoisotopic (exact) mass is 487 g/mol. The standard InChI is InChI=1S/C25H30ClN3O5/c1-25(18-9-11-28(12-10-18)14-17-13-19(26)7-8-20(17)30)23(31)29(24(32)27-25)15-16-5-4-6-21(33-2)22(16)34-3/h4-8,13,18,30H,9-12,14-15H2,1-3H3,(H,27,32)/t25-/m1/s1. The lowest BCUT2D eigenvalue weighted by Crippen LogP contribution is -2.53. The fraction of sp³-hybridized carbons (Fsp3) is 0.440. The van der Waals surface area contributed by atoms with Crippen LogP contribution in [0.3, 0.4) is 0 Å². The largest absolute Gasteiger partial charge is 0.508 e. The van der Waals surface area contributed by atoms with E-state index in [4.69, 9.17) is 21.1 Å². The fourth-order valence-corrected chi connectivity index (χ4v) is 5.17. The number of carbonyl (C=O) groups is 2. The Morgan fingerprint density at radius 1 is 1.09 bits per heavy atom. The van der Waals surface area contributed by atoms with Crippen LogP contribution in [-0.4, -0.2) is 59.7 Å². The molecule has 4 rings (SSSR count). The zero-order valence-electron chi connectivity index (χ0n) is 19.6. The molecule has 3 amide bonds. The number of nitrogens with one attached hydrogen (secondary N) is 1. The summed E-state index contributed by atoms with van der Waals surface area (Å²) in [7, 11) is 3.08. The maximum Gasteiger partial charge on any atom is 0.325 e.